The molecule has 2 aromatic rings. The highest BCUT2D eigenvalue weighted by atomic mass is 16.4. The molecule has 0 radical (unpaired) electrons. The molecule has 88 valence electrons. The van der Waals surface area contributed by atoms with Gasteiger partial charge in [0.2, 0.25) is 0 Å². The molecule has 0 saturated heterocycles. The van der Waals surface area contributed by atoms with Gasteiger partial charge in [0.25, 0.3) is 0 Å². The summed E-state index contributed by atoms with van der Waals surface area (Å²) in [4.78, 5) is 13.8. The van der Waals surface area contributed by atoms with Crippen molar-refractivity contribution in [3.05, 3.63) is 53.8 Å². The summed E-state index contributed by atoms with van der Waals surface area (Å²) in [6.07, 6.45) is 4.53. The Balaban J connectivity index is 2.24. The number of H-pyrrole nitrogens is 1. The second-order valence-electron chi connectivity index (χ2n) is 3.67. The van der Waals surface area contributed by atoms with Crippen LogP contribution in [-0.4, -0.2) is 16.1 Å². The van der Waals surface area contributed by atoms with Crippen LogP contribution in [0.2, 0.25) is 0 Å². The zero-order valence-corrected chi connectivity index (χ0v) is 9.42. The molecule has 0 atom stereocenters. The highest BCUT2D eigenvalue weighted by Gasteiger charge is 2.02. The van der Waals surface area contributed by atoms with Crippen molar-refractivity contribution in [2.24, 2.45) is 0 Å². The lowest BCUT2D eigenvalue weighted by molar-refractivity contribution is -0.132. The maximum Gasteiger partial charge on any atom is 0.346 e. The molecular formula is C14H10N2O2. The molecule has 1 aromatic heterocycles. The molecule has 2 rings (SSSR count). The van der Waals surface area contributed by atoms with Gasteiger partial charge in [0.15, 0.2) is 0 Å². The van der Waals surface area contributed by atoms with Crippen LogP contribution >= 0.6 is 0 Å². The van der Waals surface area contributed by atoms with E-state index in [0.717, 1.165) is 16.6 Å². The predicted molar refractivity (Wildman–Crippen MR) is 68.7 cm³/mol. The number of aromatic nitrogens is 1. The lowest BCUT2D eigenvalue weighted by Crippen LogP contribution is -1.96. The number of aromatic amines is 1. The second kappa shape index (κ2) is 5.02. The first kappa shape index (κ1) is 11.7. The quantitative estimate of drug-likeness (QED) is 0.490. The van der Waals surface area contributed by atoms with Gasteiger partial charge in [-0.3, -0.25) is 0 Å². The van der Waals surface area contributed by atoms with E-state index in [-0.39, 0.29) is 5.57 Å². The molecule has 1 aromatic carbocycles. The van der Waals surface area contributed by atoms with E-state index < -0.39 is 5.97 Å². The summed E-state index contributed by atoms with van der Waals surface area (Å²) >= 11 is 0. The Morgan fingerprint density at radius 1 is 1.39 bits per heavy atom. The molecule has 0 fully saturated rings. The van der Waals surface area contributed by atoms with Crippen LogP contribution in [0.5, 0.6) is 0 Å². The number of hydrogen-bond donors (Lipinski definition) is 2. The largest absolute Gasteiger partial charge is 0.477 e. The summed E-state index contributed by atoms with van der Waals surface area (Å²) in [6, 6.07) is 11.4. The van der Waals surface area contributed by atoms with Crippen molar-refractivity contribution in [3.63, 3.8) is 0 Å². The van der Waals surface area contributed by atoms with Gasteiger partial charge >= 0.3 is 5.97 Å². The molecule has 18 heavy (non-hydrogen) atoms. The SMILES string of the molecule is N#C/C(=C\C=C\c1cc2ccccc2[nH]1)C(=O)O. The van der Waals surface area contributed by atoms with Crippen LogP contribution in [0.1, 0.15) is 5.69 Å². The van der Waals surface area contributed by atoms with Gasteiger partial charge in [0.1, 0.15) is 11.6 Å². The van der Waals surface area contributed by atoms with Crippen molar-refractivity contribution < 1.29 is 9.90 Å². The zero-order chi connectivity index (χ0) is 13.0. The fourth-order valence-electron chi connectivity index (χ4n) is 1.59. The summed E-state index contributed by atoms with van der Waals surface area (Å²) in [7, 11) is 0. The Labute approximate surface area is 103 Å². The number of fused-ring (bicyclic) bond motifs is 1. The molecule has 2 N–H and O–H groups in total. The maximum absolute atomic E-state index is 10.6. The van der Waals surface area contributed by atoms with E-state index in [1.807, 2.05) is 30.3 Å². The molecule has 0 aliphatic rings. The van der Waals surface area contributed by atoms with E-state index in [2.05, 4.69) is 4.98 Å². The lowest BCUT2D eigenvalue weighted by atomic mass is 10.2. The van der Waals surface area contributed by atoms with Crippen molar-refractivity contribution in [1.82, 2.24) is 4.98 Å². The highest BCUT2D eigenvalue weighted by Crippen LogP contribution is 2.15. The van der Waals surface area contributed by atoms with Crippen LogP contribution in [0, 0.1) is 11.3 Å². The van der Waals surface area contributed by atoms with E-state index in [1.54, 1.807) is 12.1 Å². The van der Waals surface area contributed by atoms with E-state index in [9.17, 15) is 4.79 Å². The Bertz CT molecular complexity index is 654. The van der Waals surface area contributed by atoms with E-state index in [1.165, 1.54) is 12.2 Å². The van der Waals surface area contributed by atoms with Gasteiger partial charge in [-0.15, -0.1) is 0 Å². The maximum atomic E-state index is 10.6. The Morgan fingerprint density at radius 2 is 2.17 bits per heavy atom. The molecule has 4 nitrogen and oxygen atoms in total. The third kappa shape index (κ3) is 2.47. The van der Waals surface area contributed by atoms with E-state index >= 15 is 0 Å². The van der Waals surface area contributed by atoms with Crippen LogP contribution in [0.25, 0.3) is 17.0 Å². The summed E-state index contributed by atoms with van der Waals surface area (Å²) < 4.78 is 0. The first-order valence-electron chi connectivity index (χ1n) is 5.30. The Hall–Kier alpha value is -2.80. The highest BCUT2D eigenvalue weighted by molar-refractivity contribution is 5.91. The van der Waals surface area contributed by atoms with Gasteiger partial charge in [0.05, 0.1) is 0 Å². The number of benzene rings is 1. The minimum atomic E-state index is -1.22. The van der Waals surface area contributed by atoms with Gasteiger partial charge in [-0.25, -0.2) is 4.79 Å². The monoisotopic (exact) mass is 238 g/mol. The molecule has 0 amide bonds. The smallest absolute Gasteiger partial charge is 0.346 e. The van der Waals surface area contributed by atoms with Crippen LogP contribution in [0.15, 0.2) is 48.1 Å². The van der Waals surface area contributed by atoms with Crippen molar-refractivity contribution in [3.8, 4) is 6.07 Å². The third-order valence-corrected chi connectivity index (χ3v) is 2.44. The number of para-hydroxylation sites is 1. The molecule has 0 aliphatic carbocycles. The van der Waals surface area contributed by atoms with Crippen molar-refractivity contribution >= 4 is 22.9 Å². The minimum Gasteiger partial charge on any atom is -0.477 e. The van der Waals surface area contributed by atoms with Crippen molar-refractivity contribution in [1.29, 1.82) is 5.26 Å². The zero-order valence-electron chi connectivity index (χ0n) is 9.42. The van der Waals surface area contributed by atoms with Gasteiger partial charge in [-0.2, -0.15) is 5.26 Å². The van der Waals surface area contributed by atoms with Gasteiger partial charge in [-0.1, -0.05) is 24.3 Å². The normalized spacial score (nSPS) is 11.8. The number of carboxylic acid groups (broad SMARTS) is 1. The van der Waals surface area contributed by atoms with Crippen molar-refractivity contribution in [2.45, 2.75) is 0 Å². The molecule has 0 bridgehead atoms. The summed E-state index contributed by atoms with van der Waals surface area (Å²) in [5.74, 6) is -1.22. The second-order valence-corrected chi connectivity index (χ2v) is 3.67. The number of rotatable bonds is 3. The molecule has 0 unspecified atom stereocenters. The summed E-state index contributed by atoms with van der Waals surface area (Å²) in [5, 5.41) is 18.3. The lowest BCUT2D eigenvalue weighted by Gasteiger charge is -1.86. The van der Waals surface area contributed by atoms with Crippen LogP contribution in [0.4, 0.5) is 0 Å². The Kier molecular flexibility index (Phi) is 3.26. The number of carbonyl (C=O) groups is 1. The fourth-order valence-corrected chi connectivity index (χ4v) is 1.59. The number of allylic oxidation sites excluding steroid dienone is 2. The number of nitriles is 1. The summed E-state index contributed by atoms with van der Waals surface area (Å²) in [6.45, 7) is 0. The van der Waals surface area contributed by atoms with Crippen LogP contribution in [-0.2, 0) is 4.79 Å². The van der Waals surface area contributed by atoms with Crippen molar-refractivity contribution in [2.75, 3.05) is 0 Å². The minimum absolute atomic E-state index is 0.289. The number of carboxylic acids is 1. The molecular weight excluding hydrogens is 228 g/mol. The third-order valence-electron chi connectivity index (χ3n) is 2.44. The van der Waals surface area contributed by atoms with Crippen LogP contribution < -0.4 is 0 Å². The molecule has 0 saturated carbocycles. The van der Waals surface area contributed by atoms with E-state index in [0.29, 0.717) is 0 Å². The summed E-state index contributed by atoms with van der Waals surface area (Å²) in [5.41, 5.74) is 1.58. The average Bonchev–Trinajstić information content (AvgIpc) is 2.76. The van der Waals surface area contributed by atoms with Crippen LogP contribution in [0.3, 0.4) is 0 Å². The predicted octanol–water partition coefficient (Wildman–Crippen LogP) is 2.72. The standard InChI is InChI=1S/C14H10N2O2/c15-9-11(14(17)18)5-3-6-12-8-10-4-1-2-7-13(10)16-12/h1-8,16H,(H,17,18)/b6-3+,11-5+. The first-order chi connectivity index (χ1) is 8.70. The van der Waals surface area contributed by atoms with E-state index in [4.69, 9.17) is 10.4 Å². The van der Waals surface area contributed by atoms with Gasteiger partial charge < -0.3 is 10.1 Å². The number of aliphatic carboxylic acids is 1. The average molecular weight is 238 g/mol. The Morgan fingerprint density at radius 3 is 2.83 bits per heavy atom. The fraction of sp³-hybridized carbons (Fsp3) is 0. The van der Waals surface area contributed by atoms with Gasteiger partial charge in [-0.05, 0) is 29.7 Å². The number of nitrogens with zero attached hydrogens (tertiary/aromatic N) is 1. The molecule has 0 aliphatic heterocycles. The number of hydrogen-bond acceptors (Lipinski definition) is 2. The molecule has 4 heteroatoms. The van der Waals surface area contributed by atoms with Gasteiger partial charge in [0, 0.05) is 11.2 Å². The topological polar surface area (TPSA) is 76.9 Å². The molecule has 1 heterocycles. The molecule has 0 spiro atoms. The first-order valence-corrected chi connectivity index (χ1v) is 5.30. The number of nitrogens with one attached hydrogen (secondary N) is 1.